The summed E-state index contributed by atoms with van der Waals surface area (Å²) >= 11 is 0. The topological polar surface area (TPSA) is 51.8 Å². The third kappa shape index (κ3) is 1.94. The molecule has 0 bridgehead atoms. The lowest BCUT2D eigenvalue weighted by Crippen LogP contribution is -2.06. The highest BCUT2D eigenvalue weighted by molar-refractivity contribution is 5.10. The minimum absolute atomic E-state index is 0.0847. The van der Waals surface area contributed by atoms with Crippen LogP contribution in [0.2, 0.25) is 0 Å². The van der Waals surface area contributed by atoms with Gasteiger partial charge in [-0.2, -0.15) is 0 Å². The van der Waals surface area contributed by atoms with Crippen LogP contribution in [0.4, 0.5) is 8.78 Å². The highest BCUT2D eigenvalue weighted by atomic mass is 19.3. The molecule has 0 atom stereocenters. The second-order valence-electron chi connectivity index (χ2n) is 2.36. The normalized spacial score (nSPS) is 10.8. The predicted molar refractivity (Wildman–Crippen MR) is 39.6 cm³/mol. The molecule has 0 unspecified atom stereocenters. The molecule has 0 radical (unpaired) electrons. The molecule has 0 aromatic carbocycles. The van der Waals surface area contributed by atoms with Crippen LogP contribution in [0.15, 0.2) is 6.07 Å². The van der Waals surface area contributed by atoms with Gasteiger partial charge in [-0.05, 0) is 13.0 Å². The standard InChI is InChI=1S/C7H9F2N3/c1-4-2-5(7(8)9)12-6(3-10)11-4/h2,7H,3,10H2,1H3. The smallest absolute Gasteiger partial charge is 0.280 e. The SMILES string of the molecule is Cc1cc(C(F)F)nc(CN)n1. The Labute approximate surface area is 68.6 Å². The summed E-state index contributed by atoms with van der Waals surface area (Å²) < 4.78 is 24.3. The molecule has 2 N–H and O–H groups in total. The lowest BCUT2D eigenvalue weighted by atomic mass is 10.3. The van der Waals surface area contributed by atoms with Crippen LogP contribution in [-0.4, -0.2) is 9.97 Å². The molecule has 66 valence electrons. The maximum absolute atomic E-state index is 12.1. The van der Waals surface area contributed by atoms with E-state index in [4.69, 9.17) is 5.73 Å². The Morgan fingerprint density at radius 1 is 1.50 bits per heavy atom. The number of nitrogens with zero attached hydrogens (tertiary/aromatic N) is 2. The molecular weight excluding hydrogens is 164 g/mol. The predicted octanol–water partition coefficient (Wildman–Crippen LogP) is 1.18. The van der Waals surface area contributed by atoms with Crippen molar-refractivity contribution in [1.82, 2.24) is 9.97 Å². The largest absolute Gasteiger partial charge is 0.324 e. The highest BCUT2D eigenvalue weighted by Crippen LogP contribution is 2.16. The summed E-state index contributed by atoms with van der Waals surface area (Å²) in [4.78, 5) is 7.43. The van der Waals surface area contributed by atoms with Crippen molar-refractivity contribution in [3.05, 3.63) is 23.3 Å². The van der Waals surface area contributed by atoms with Gasteiger partial charge in [-0.1, -0.05) is 0 Å². The van der Waals surface area contributed by atoms with Gasteiger partial charge in [0.1, 0.15) is 11.5 Å². The number of rotatable bonds is 2. The molecule has 0 spiro atoms. The van der Waals surface area contributed by atoms with Crippen LogP contribution in [-0.2, 0) is 6.54 Å². The second-order valence-corrected chi connectivity index (χ2v) is 2.36. The summed E-state index contributed by atoms with van der Waals surface area (Å²) in [5.41, 5.74) is 5.47. The third-order valence-corrected chi connectivity index (χ3v) is 1.33. The van der Waals surface area contributed by atoms with Crippen molar-refractivity contribution in [3.63, 3.8) is 0 Å². The minimum Gasteiger partial charge on any atom is -0.324 e. The van der Waals surface area contributed by atoms with Gasteiger partial charge in [-0.15, -0.1) is 0 Å². The van der Waals surface area contributed by atoms with E-state index in [0.717, 1.165) is 0 Å². The molecule has 12 heavy (non-hydrogen) atoms. The number of hydrogen-bond donors (Lipinski definition) is 1. The van der Waals surface area contributed by atoms with E-state index in [9.17, 15) is 8.78 Å². The first-order chi connectivity index (χ1) is 5.63. The van der Waals surface area contributed by atoms with Gasteiger partial charge in [-0.3, -0.25) is 0 Å². The summed E-state index contributed by atoms with van der Waals surface area (Å²) in [6.07, 6.45) is -2.56. The maximum Gasteiger partial charge on any atom is 0.280 e. The summed E-state index contributed by atoms with van der Waals surface area (Å²) in [5.74, 6) is 0.255. The molecule has 0 saturated carbocycles. The van der Waals surface area contributed by atoms with E-state index in [2.05, 4.69) is 9.97 Å². The lowest BCUT2D eigenvalue weighted by molar-refractivity contribution is 0.145. The summed E-state index contributed by atoms with van der Waals surface area (Å²) in [6.45, 7) is 1.72. The van der Waals surface area contributed by atoms with Gasteiger partial charge in [0, 0.05) is 5.69 Å². The number of alkyl halides is 2. The van der Waals surface area contributed by atoms with E-state index in [1.807, 2.05) is 0 Å². The molecule has 3 nitrogen and oxygen atoms in total. The number of halogens is 2. The average molecular weight is 173 g/mol. The molecule has 1 aromatic rings. The first-order valence-corrected chi connectivity index (χ1v) is 3.46. The molecule has 1 heterocycles. The molecule has 1 rings (SSSR count). The van der Waals surface area contributed by atoms with E-state index in [-0.39, 0.29) is 18.1 Å². The van der Waals surface area contributed by atoms with Crippen molar-refractivity contribution in [3.8, 4) is 0 Å². The summed E-state index contributed by atoms with van der Waals surface area (Å²) in [7, 11) is 0. The fourth-order valence-corrected chi connectivity index (χ4v) is 0.859. The Morgan fingerprint density at radius 2 is 2.17 bits per heavy atom. The van der Waals surface area contributed by atoms with Gasteiger partial charge < -0.3 is 5.73 Å². The van der Waals surface area contributed by atoms with E-state index in [1.165, 1.54) is 6.07 Å². The third-order valence-electron chi connectivity index (χ3n) is 1.33. The zero-order valence-electron chi connectivity index (χ0n) is 6.59. The summed E-state index contributed by atoms with van der Waals surface area (Å²) in [5, 5.41) is 0. The van der Waals surface area contributed by atoms with Crippen molar-refractivity contribution in [2.24, 2.45) is 5.73 Å². The molecule has 0 saturated heterocycles. The Hall–Kier alpha value is -1.10. The second kappa shape index (κ2) is 3.53. The molecule has 0 aliphatic rings. The Morgan fingerprint density at radius 3 is 2.67 bits per heavy atom. The van der Waals surface area contributed by atoms with Gasteiger partial charge in [0.15, 0.2) is 0 Å². The van der Waals surface area contributed by atoms with Crippen LogP contribution >= 0.6 is 0 Å². The molecule has 0 fully saturated rings. The summed E-state index contributed by atoms with van der Waals surface area (Å²) in [6, 6.07) is 1.25. The zero-order valence-corrected chi connectivity index (χ0v) is 6.59. The number of hydrogen-bond acceptors (Lipinski definition) is 3. The Balaban J connectivity index is 3.06. The number of nitrogens with two attached hydrogens (primary N) is 1. The van der Waals surface area contributed by atoms with Crippen molar-refractivity contribution >= 4 is 0 Å². The average Bonchev–Trinajstić information content (AvgIpc) is 2.03. The molecule has 5 heteroatoms. The van der Waals surface area contributed by atoms with Crippen molar-refractivity contribution in [2.75, 3.05) is 0 Å². The van der Waals surface area contributed by atoms with Gasteiger partial charge in [0.25, 0.3) is 6.43 Å². The van der Waals surface area contributed by atoms with Gasteiger partial charge in [-0.25, -0.2) is 18.7 Å². The van der Waals surface area contributed by atoms with E-state index in [1.54, 1.807) is 6.92 Å². The molecule has 0 amide bonds. The number of aryl methyl sites for hydroxylation is 1. The zero-order chi connectivity index (χ0) is 9.14. The highest BCUT2D eigenvalue weighted by Gasteiger charge is 2.10. The van der Waals surface area contributed by atoms with Crippen LogP contribution in [0.25, 0.3) is 0 Å². The van der Waals surface area contributed by atoms with E-state index >= 15 is 0 Å². The van der Waals surface area contributed by atoms with Crippen molar-refractivity contribution < 1.29 is 8.78 Å². The Kier molecular flexibility index (Phi) is 2.65. The van der Waals surface area contributed by atoms with Crippen LogP contribution < -0.4 is 5.73 Å². The van der Waals surface area contributed by atoms with Crippen LogP contribution in [0.5, 0.6) is 0 Å². The first kappa shape index (κ1) is 8.99. The van der Waals surface area contributed by atoms with Gasteiger partial charge in [0.2, 0.25) is 0 Å². The van der Waals surface area contributed by atoms with Gasteiger partial charge >= 0.3 is 0 Å². The van der Waals surface area contributed by atoms with Crippen molar-refractivity contribution in [2.45, 2.75) is 19.9 Å². The molecular formula is C7H9F2N3. The maximum atomic E-state index is 12.1. The fraction of sp³-hybridized carbons (Fsp3) is 0.429. The van der Waals surface area contributed by atoms with Crippen LogP contribution in [0.1, 0.15) is 23.6 Å². The van der Waals surface area contributed by atoms with Crippen LogP contribution in [0, 0.1) is 6.92 Å². The molecule has 1 aromatic heterocycles. The Bertz CT molecular complexity index is 275. The molecule has 0 aliphatic carbocycles. The van der Waals surface area contributed by atoms with E-state index < -0.39 is 6.43 Å². The minimum atomic E-state index is -2.56. The fourth-order valence-electron chi connectivity index (χ4n) is 0.859. The van der Waals surface area contributed by atoms with Gasteiger partial charge in [0.05, 0.1) is 6.54 Å². The molecule has 0 aliphatic heterocycles. The van der Waals surface area contributed by atoms with E-state index in [0.29, 0.717) is 5.69 Å². The lowest BCUT2D eigenvalue weighted by Gasteiger charge is -2.02. The monoisotopic (exact) mass is 173 g/mol. The van der Waals surface area contributed by atoms with Crippen molar-refractivity contribution in [1.29, 1.82) is 0 Å². The number of aromatic nitrogens is 2. The van der Waals surface area contributed by atoms with Crippen LogP contribution in [0.3, 0.4) is 0 Å². The quantitative estimate of drug-likeness (QED) is 0.730. The first-order valence-electron chi connectivity index (χ1n) is 3.46.